The minimum absolute atomic E-state index is 0.264. The van der Waals surface area contributed by atoms with Crippen LogP contribution in [-0.4, -0.2) is 28.5 Å². The summed E-state index contributed by atoms with van der Waals surface area (Å²) in [5.74, 6) is 1.54. The minimum atomic E-state index is 0.264. The first-order valence-corrected chi connectivity index (χ1v) is 5.31. The Labute approximate surface area is 89.3 Å². The molecule has 82 valence electrons. The van der Waals surface area contributed by atoms with Gasteiger partial charge in [0.05, 0.1) is 6.42 Å². The number of Topliss-reactive ketones (excluding diaryl/α,β-unsaturated/α-hetero) is 1. The van der Waals surface area contributed by atoms with Crippen molar-refractivity contribution in [3.63, 3.8) is 0 Å². The molecule has 1 atom stereocenters. The summed E-state index contributed by atoms with van der Waals surface area (Å²) in [6.07, 6.45) is 5.68. The summed E-state index contributed by atoms with van der Waals surface area (Å²) in [4.78, 5) is 15.9. The van der Waals surface area contributed by atoms with Crippen molar-refractivity contribution >= 4 is 5.78 Å². The number of nitrogens with zero attached hydrogens (tertiary/aromatic N) is 2. The number of rotatable bonds is 4. The summed E-state index contributed by atoms with van der Waals surface area (Å²) < 4.78 is 7.14. The summed E-state index contributed by atoms with van der Waals surface area (Å²) in [6.45, 7) is 1.55. The van der Waals surface area contributed by atoms with Crippen LogP contribution in [0.4, 0.5) is 0 Å². The maximum absolute atomic E-state index is 11.7. The van der Waals surface area contributed by atoms with Crippen LogP contribution in [0.15, 0.2) is 12.4 Å². The van der Waals surface area contributed by atoms with Crippen molar-refractivity contribution in [3.8, 4) is 0 Å². The zero-order chi connectivity index (χ0) is 10.7. The van der Waals surface area contributed by atoms with Gasteiger partial charge in [-0.05, 0) is 12.3 Å². The third-order valence-electron chi connectivity index (χ3n) is 2.82. The van der Waals surface area contributed by atoms with Crippen molar-refractivity contribution < 1.29 is 9.53 Å². The maximum Gasteiger partial charge on any atom is 0.140 e. The monoisotopic (exact) mass is 208 g/mol. The van der Waals surface area contributed by atoms with E-state index in [1.54, 1.807) is 6.20 Å². The van der Waals surface area contributed by atoms with Crippen molar-refractivity contribution in [2.75, 3.05) is 13.2 Å². The Kier molecular flexibility index (Phi) is 3.16. The fourth-order valence-electron chi connectivity index (χ4n) is 1.88. The van der Waals surface area contributed by atoms with Crippen LogP contribution in [-0.2, 0) is 23.0 Å². The largest absolute Gasteiger partial charge is 0.381 e. The van der Waals surface area contributed by atoms with Crippen LogP contribution in [0.25, 0.3) is 0 Å². The highest BCUT2D eigenvalue weighted by molar-refractivity contribution is 5.80. The molecule has 0 aliphatic carbocycles. The Morgan fingerprint density at radius 1 is 1.73 bits per heavy atom. The Hall–Kier alpha value is -1.16. The minimum Gasteiger partial charge on any atom is -0.381 e. The van der Waals surface area contributed by atoms with Crippen LogP contribution in [0.1, 0.15) is 18.7 Å². The first kappa shape index (κ1) is 10.4. The van der Waals surface area contributed by atoms with E-state index < -0.39 is 0 Å². The van der Waals surface area contributed by atoms with Crippen LogP contribution in [0.3, 0.4) is 0 Å². The van der Waals surface area contributed by atoms with Gasteiger partial charge in [0.2, 0.25) is 0 Å². The molecule has 2 heterocycles. The van der Waals surface area contributed by atoms with E-state index in [4.69, 9.17) is 4.74 Å². The Balaban J connectivity index is 1.84. The van der Waals surface area contributed by atoms with Crippen molar-refractivity contribution in [2.45, 2.75) is 19.3 Å². The quantitative estimate of drug-likeness (QED) is 0.740. The van der Waals surface area contributed by atoms with E-state index in [1.807, 2.05) is 17.8 Å². The number of aromatic nitrogens is 2. The SMILES string of the molecule is Cn1ccnc1CC(=O)CC1CCOC1. The van der Waals surface area contributed by atoms with Crippen molar-refractivity contribution in [1.29, 1.82) is 0 Å². The number of ether oxygens (including phenoxy) is 1. The standard InChI is InChI=1S/C11H16N2O2/c1-13-4-3-12-11(13)7-10(14)6-9-2-5-15-8-9/h3-4,9H,2,5-8H2,1H3. The Morgan fingerprint density at radius 3 is 3.20 bits per heavy atom. The van der Waals surface area contributed by atoms with E-state index in [-0.39, 0.29) is 5.78 Å². The molecule has 4 heteroatoms. The van der Waals surface area contributed by atoms with E-state index in [2.05, 4.69) is 4.98 Å². The van der Waals surface area contributed by atoms with Gasteiger partial charge in [-0.25, -0.2) is 4.98 Å². The third-order valence-corrected chi connectivity index (χ3v) is 2.82. The maximum atomic E-state index is 11.7. The molecule has 0 amide bonds. The second-order valence-corrected chi connectivity index (χ2v) is 4.10. The fourth-order valence-corrected chi connectivity index (χ4v) is 1.88. The summed E-state index contributed by atoms with van der Waals surface area (Å²) >= 11 is 0. The number of carbonyl (C=O) groups is 1. The highest BCUT2D eigenvalue weighted by atomic mass is 16.5. The van der Waals surface area contributed by atoms with Gasteiger partial charge in [-0.2, -0.15) is 0 Å². The van der Waals surface area contributed by atoms with Crippen LogP contribution in [0, 0.1) is 5.92 Å². The molecule has 1 aromatic rings. The number of carbonyl (C=O) groups excluding carboxylic acids is 1. The average Bonchev–Trinajstić information content (AvgIpc) is 2.79. The average molecular weight is 208 g/mol. The molecular formula is C11H16N2O2. The lowest BCUT2D eigenvalue weighted by Crippen LogP contribution is -2.13. The lowest BCUT2D eigenvalue weighted by Gasteiger charge is -2.06. The van der Waals surface area contributed by atoms with Gasteiger partial charge < -0.3 is 9.30 Å². The van der Waals surface area contributed by atoms with E-state index in [1.165, 1.54) is 0 Å². The van der Waals surface area contributed by atoms with Gasteiger partial charge in [0.1, 0.15) is 11.6 Å². The van der Waals surface area contributed by atoms with Crippen molar-refractivity contribution in [2.24, 2.45) is 13.0 Å². The number of hydrogen-bond acceptors (Lipinski definition) is 3. The van der Waals surface area contributed by atoms with E-state index >= 15 is 0 Å². The van der Waals surface area contributed by atoms with Crippen molar-refractivity contribution in [3.05, 3.63) is 18.2 Å². The Bertz CT molecular complexity index is 340. The molecule has 1 unspecified atom stereocenters. The normalized spacial score (nSPS) is 20.7. The molecule has 0 N–H and O–H groups in total. The van der Waals surface area contributed by atoms with E-state index in [0.29, 0.717) is 18.8 Å². The number of hydrogen-bond donors (Lipinski definition) is 0. The molecule has 0 radical (unpaired) electrons. The molecule has 0 spiro atoms. The molecule has 0 saturated carbocycles. The zero-order valence-electron chi connectivity index (χ0n) is 8.98. The summed E-state index contributed by atoms with van der Waals surface area (Å²) in [5.41, 5.74) is 0. The number of ketones is 1. The van der Waals surface area contributed by atoms with Crippen LogP contribution in [0.2, 0.25) is 0 Å². The molecule has 4 nitrogen and oxygen atoms in total. The molecule has 2 rings (SSSR count). The molecule has 1 fully saturated rings. The van der Waals surface area contributed by atoms with Gasteiger partial charge in [0, 0.05) is 39.1 Å². The molecule has 0 aromatic carbocycles. The van der Waals surface area contributed by atoms with Gasteiger partial charge >= 0.3 is 0 Å². The van der Waals surface area contributed by atoms with E-state index in [9.17, 15) is 4.79 Å². The number of aryl methyl sites for hydroxylation is 1. The lowest BCUT2D eigenvalue weighted by molar-refractivity contribution is -0.119. The molecule has 0 bridgehead atoms. The van der Waals surface area contributed by atoms with Crippen LogP contribution in [0.5, 0.6) is 0 Å². The fraction of sp³-hybridized carbons (Fsp3) is 0.636. The van der Waals surface area contributed by atoms with E-state index in [0.717, 1.165) is 25.5 Å². The summed E-state index contributed by atoms with van der Waals surface area (Å²) in [5, 5.41) is 0. The molecule has 15 heavy (non-hydrogen) atoms. The zero-order valence-corrected chi connectivity index (χ0v) is 8.98. The molecular weight excluding hydrogens is 192 g/mol. The highest BCUT2D eigenvalue weighted by Crippen LogP contribution is 2.17. The van der Waals surface area contributed by atoms with Gasteiger partial charge in [0.15, 0.2) is 0 Å². The van der Waals surface area contributed by atoms with Crippen molar-refractivity contribution in [1.82, 2.24) is 9.55 Å². The summed E-state index contributed by atoms with van der Waals surface area (Å²) in [6, 6.07) is 0. The van der Waals surface area contributed by atoms with Gasteiger partial charge in [0.25, 0.3) is 0 Å². The first-order chi connectivity index (χ1) is 7.25. The molecule has 1 aromatic heterocycles. The second kappa shape index (κ2) is 4.57. The van der Waals surface area contributed by atoms with Crippen LogP contribution < -0.4 is 0 Å². The van der Waals surface area contributed by atoms with Gasteiger partial charge in [-0.1, -0.05) is 0 Å². The molecule has 1 saturated heterocycles. The van der Waals surface area contributed by atoms with Gasteiger partial charge in [-0.3, -0.25) is 4.79 Å². The predicted molar refractivity (Wildman–Crippen MR) is 55.5 cm³/mol. The lowest BCUT2D eigenvalue weighted by atomic mass is 10.0. The third kappa shape index (κ3) is 2.65. The topological polar surface area (TPSA) is 44.1 Å². The first-order valence-electron chi connectivity index (χ1n) is 5.31. The molecule has 1 aliphatic rings. The smallest absolute Gasteiger partial charge is 0.140 e. The Morgan fingerprint density at radius 2 is 2.60 bits per heavy atom. The van der Waals surface area contributed by atoms with Crippen LogP contribution >= 0.6 is 0 Å². The second-order valence-electron chi connectivity index (χ2n) is 4.10. The highest BCUT2D eigenvalue weighted by Gasteiger charge is 2.19. The van der Waals surface area contributed by atoms with Gasteiger partial charge in [-0.15, -0.1) is 0 Å². The molecule has 1 aliphatic heterocycles. The summed E-state index contributed by atoms with van der Waals surface area (Å²) in [7, 11) is 1.91. The predicted octanol–water partition coefficient (Wildman–Crippen LogP) is 0.958. The number of imidazole rings is 1.